The van der Waals surface area contributed by atoms with E-state index in [4.69, 9.17) is 0 Å². The molecule has 0 amide bonds. The minimum Gasteiger partial charge on any atom is -0.303 e. The summed E-state index contributed by atoms with van der Waals surface area (Å²) in [6, 6.07) is 1.74. The van der Waals surface area contributed by atoms with E-state index in [-0.39, 0.29) is 11.6 Å². The van der Waals surface area contributed by atoms with Crippen LogP contribution in [0.3, 0.4) is 0 Å². The minimum atomic E-state index is -0.0184. The van der Waals surface area contributed by atoms with Crippen molar-refractivity contribution in [2.75, 3.05) is 0 Å². The van der Waals surface area contributed by atoms with Gasteiger partial charge in [0.2, 0.25) is 0 Å². The van der Waals surface area contributed by atoms with Gasteiger partial charge in [-0.25, -0.2) is 9.97 Å². The lowest BCUT2D eigenvalue weighted by atomic mass is 10.2. The van der Waals surface area contributed by atoms with Crippen molar-refractivity contribution in [3.05, 3.63) is 49.3 Å². The molecule has 3 aromatic rings. The Morgan fingerprint density at radius 1 is 1.32 bits per heavy atom. The van der Waals surface area contributed by atoms with Crippen LogP contribution in [0.15, 0.2) is 21.6 Å². The topological polar surface area (TPSA) is 59.3 Å². The van der Waals surface area contributed by atoms with Crippen LogP contribution in [-0.2, 0) is 13.0 Å². The molecule has 0 spiro atoms. The summed E-state index contributed by atoms with van der Waals surface area (Å²) in [7, 11) is 0. The number of rotatable bonds is 5. The van der Waals surface area contributed by atoms with Crippen molar-refractivity contribution in [1.82, 2.24) is 19.7 Å². The fraction of sp³-hybridized carbons (Fsp3) is 0.400. The Hall–Kier alpha value is -1.57. The van der Waals surface area contributed by atoms with Gasteiger partial charge < -0.3 is 5.32 Å². The van der Waals surface area contributed by atoms with Gasteiger partial charge in [0.25, 0.3) is 5.56 Å². The van der Waals surface area contributed by atoms with Crippen LogP contribution in [0.4, 0.5) is 0 Å². The van der Waals surface area contributed by atoms with Gasteiger partial charge in [-0.05, 0) is 20.3 Å². The first-order valence-electron chi connectivity index (χ1n) is 7.23. The van der Waals surface area contributed by atoms with Crippen molar-refractivity contribution < 1.29 is 0 Å². The van der Waals surface area contributed by atoms with E-state index in [1.807, 2.05) is 12.3 Å². The highest BCUT2D eigenvalue weighted by molar-refractivity contribution is 7.15. The van der Waals surface area contributed by atoms with Gasteiger partial charge in [0.1, 0.15) is 0 Å². The lowest BCUT2D eigenvalue weighted by Crippen LogP contribution is -2.22. The molecular formula is C15H18N4OS2. The molecule has 0 bridgehead atoms. The molecule has 1 atom stereocenters. The van der Waals surface area contributed by atoms with Gasteiger partial charge in [0.15, 0.2) is 4.96 Å². The molecule has 0 aromatic carbocycles. The van der Waals surface area contributed by atoms with E-state index in [1.165, 1.54) is 11.3 Å². The van der Waals surface area contributed by atoms with Crippen LogP contribution >= 0.6 is 22.7 Å². The van der Waals surface area contributed by atoms with Crippen LogP contribution in [0.1, 0.15) is 42.0 Å². The van der Waals surface area contributed by atoms with Crippen LogP contribution < -0.4 is 10.9 Å². The van der Waals surface area contributed by atoms with Crippen molar-refractivity contribution in [3.63, 3.8) is 0 Å². The molecule has 5 nitrogen and oxygen atoms in total. The number of aryl methyl sites for hydroxylation is 2. The van der Waals surface area contributed by atoms with Crippen molar-refractivity contribution in [2.24, 2.45) is 0 Å². The Kier molecular flexibility index (Phi) is 4.37. The normalized spacial score (nSPS) is 12.9. The summed E-state index contributed by atoms with van der Waals surface area (Å²) in [4.78, 5) is 22.0. The number of hydrogen-bond acceptors (Lipinski definition) is 6. The summed E-state index contributed by atoms with van der Waals surface area (Å²) in [5.41, 5.74) is 2.73. The molecule has 3 rings (SSSR count). The van der Waals surface area contributed by atoms with E-state index in [2.05, 4.69) is 34.5 Å². The van der Waals surface area contributed by atoms with Gasteiger partial charge in [-0.2, -0.15) is 0 Å². The number of fused-ring (bicyclic) bond motifs is 1. The van der Waals surface area contributed by atoms with E-state index in [1.54, 1.807) is 21.8 Å². The van der Waals surface area contributed by atoms with Crippen LogP contribution in [0.5, 0.6) is 0 Å². The van der Waals surface area contributed by atoms with Gasteiger partial charge >= 0.3 is 0 Å². The monoisotopic (exact) mass is 334 g/mol. The van der Waals surface area contributed by atoms with Gasteiger partial charge in [-0.3, -0.25) is 9.20 Å². The molecule has 0 saturated carbocycles. The maximum absolute atomic E-state index is 12.1. The van der Waals surface area contributed by atoms with Crippen LogP contribution in [0.2, 0.25) is 0 Å². The highest BCUT2D eigenvalue weighted by atomic mass is 32.1. The first kappa shape index (κ1) is 15.3. The molecule has 0 fully saturated rings. The smallest absolute Gasteiger partial charge is 0.259 e. The van der Waals surface area contributed by atoms with E-state index >= 15 is 0 Å². The Morgan fingerprint density at radius 2 is 2.14 bits per heavy atom. The minimum absolute atomic E-state index is 0.0184. The SMILES string of the molecule is CCc1nc(C(C)NCc2cc(=O)n3c(C)csc3n2)cs1. The number of thiazole rings is 2. The number of hydrogen-bond donors (Lipinski definition) is 1. The maximum Gasteiger partial charge on any atom is 0.259 e. The molecule has 0 radical (unpaired) electrons. The highest BCUT2D eigenvalue weighted by Gasteiger charge is 2.11. The van der Waals surface area contributed by atoms with Crippen molar-refractivity contribution in [1.29, 1.82) is 0 Å². The molecule has 1 N–H and O–H groups in total. The highest BCUT2D eigenvalue weighted by Crippen LogP contribution is 2.17. The zero-order valence-corrected chi connectivity index (χ0v) is 14.4. The van der Waals surface area contributed by atoms with Crippen LogP contribution in [-0.4, -0.2) is 14.4 Å². The van der Waals surface area contributed by atoms with Crippen LogP contribution in [0.25, 0.3) is 4.96 Å². The summed E-state index contributed by atoms with van der Waals surface area (Å²) in [5.74, 6) is 0. The average Bonchev–Trinajstić information content (AvgIpc) is 3.12. The van der Waals surface area contributed by atoms with Crippen molar-refractivity contribution >= 4 is 27.6 Å². The Balaban J connectivity index is 1.74. The lowest BCUT2D eigenvalue weighted by Gasteiger charge is -2.11. The summed E-state index contributed by atoms with van der Waals surface area (Å²) in [6.45, 7) is 6.66. The van der Waals surface area contributed by atoms with E-state index in [9.17, 15) is 4.79 Å². The Morgan fingerprint density at radius 3 is 2.86 bits per heavy atom. The number of nitrogens with zero attached hydrogens (tertiary/aromatic N) is 3. The Bertz CT molecular complexity index is 849. The molecule has 7 heteroatoms. The molecule has 3 heterocycles. The molecule has 0 saturated heterocycles. The fourth-order valence-electron chi connectivity index (χ4n) is 2.24. The standard InChI is InChI=1S/C15H18N4OS2/c1-4-13-18-12(8-21-13)10(3)16-6-11-5-14(20)19-9(2)7-22-15(19)17-11/h5,7-8,10,16H,4,6H2,1-3H3. The van der Waals surface area contributed by atoms with Gasteiger partial charge in [-0.15, -0.1) is 22.7 Å². The third-order valence-electron chi connectivity index (χ3n) is 3.53. The molecule has 116 valence electrons. The van der Waals surface area contributed by atoms with E-state index < -0.39 is 0 Å². The molecule has 22 heavy (non-hydrogen) atoms. The predicted octanol–water partition coefficient (Wildman–Crippen LogP) is 2.93. The third kappa shape index (κ3) is 2.97. The third-order valence-corrected chi connectivity index (χ3v) is 5.49. The zero-order chi connectivity index (χ0) is 15.7. The number of aromatic nitrogens is 3. The molecule has 3 aromatic heterocycles. The van der Waals surface area contributed by atoms with Crippen LogP contribution in [0, 0.1) is 6.92 Å². The molecule has 1 unspecified atom stereocenters. The first-order valence-corrected chi connectivity index (χ1v) is 8.99. The summed E-state index contributed by atoms with van der Waals surface area (Å²) >= 11 is 3.18. The second-order valence-electron chi connectivity index (χ2n) is 5.20. The second-order valence-corrected chi connectivity index (χ2v) is 6.98. The first-order chi connectivity index (χ1) is 10.6. The molecule has 0 aliphatic rings. The lowest BCUT2D eigenvalue weighted by molar-refractivity contribution is 0.556. The molecular weight excluding hydrogens is 316 g/mol. The number of nitrogens with one attached hydrogen (secondary N) is 1. The largest absolute Gasteiger partial charge is 0.303 e. The molecule has 0 aliphatic heterocycles. The quantitative estimate of drug-likeness (QED) is 0.779. The predicted molar refractivity (Wildman–Crippen MR) is 90.8 cm³/mol. The van der Waals surface area contributed by atoms with E-state index in [0.717, 1.165) is 33.5 Å². The van der Waals surface area contributed by atoms with Crippen molar-refractivity contribution in [3.8, 4) is 0 Å². The second kappa shape index (κ2) is 6.28. The van der Waals surface area contributed by atoms with Crippen molar-refractivity contribution in [2.45, 2.75) is 39.8 Å². The van der Waals surface area contributed by atoms with Gasteiger partial charge in [0.05, 0.1) is 16.4 Å². The summed E-state index contributed by atoms with van der Waals surface area (Å²) in [6.07, 6.45) is 0.962. The van der Waals surface area contributed by atoms with E-state index in [0.29, 0.717) is 6.54 Å². The van der Waals surface area contributed by atoms with Gasteiger partial charge in [0, 0.05) is 35.1 Å². The fourth-order valence-corrected chi connectivity index (χ4v) is 3.97. The summed E-state index contributed by atoms with van der Waals surface area (Å²) < 4.78 is 1.64. The zero-order valence-electron chi connectivity index (χ0n) is 12.8. The molecule has 0 aliphatic carbocycles. The van der Waals surface area contributed by atoms with Gasteiger partial charge in [-0.1, -0.05) is 6.92 Å². The maximum atomic E-state index is 12.1. The Labute approximate surface area is 136 Å². The summed E-state index contributed by atoms with van der Waals surface area (Å²) in [5, 5.41) is 8.58. The average molecular weight is 334 g/mol.